The van der Waals surface area contributed by atoms with Gasteiger partial charge in [0.15, 0.2) is 0 Å². The van der Waals surface area contributed by atoms with E-state index in [1.165, 1.54) is 0 Å². The molecule has 2 heterocycles. The molecule has 0 bridgehead atoms. The Morgan fingerprint density at radius 2 is 2.16 bits per heavy atom. The van der Waals surface area contributed by atoms with Crippen LogP contribution in [0.25, 0.3) is 0 Å². The molecule has 0 spiro atoms. The van der Waals surface area contributed by atoms with E-state index in [4.69, 9.17) is 5.26 Å². The lowest BCUT2D eigenvalue weighted by Gasteiger charge is -2.15. The first-order valence-electron chi connectivity index (χ1n) is 6.14. The smallest absolute Gasteiger partial charge is 0.123 e. The molecule has 19 heavy (non-hydrogen) atoms. The van der Waals surface area contributed by atoms with Crippen molar-refractivity contribution in [2.75, 3.05) is 6.54 Å². The highest BCUT2D eigenvalue weighted by atomic mass is 15.1. The number of hydrogen-bond donors (Lipinski definition) is 1. The number of nitrogens with zero attached hydrogens (tertiary/aromatic N) is 3. The molecule has 0 unspecified atom stereocenters. The third-order valence-corrected chi connectivity index (χ3v) is 3.06. The lowest BCUT2D eigenvalue weighted by Crippen LogP contribution is -2.28. The number of benzene rings is 1. The van der Waals surface area contributed by atoms with Crippen molar-refractivity contribution >= 4 is 0 Å². The molecule has 1 aromatic carbocycles. The van der Waals surface area contributed by atoms with Crippen LogP contribution in [0.5, 0.6) is 0 Å². The van der Waals surface area contributed by atoms with Crippen LogP contribution in [0.3, 0.4) is 0 Å². The second-order valence-corrected chi connectivity index (χ2v) is 4.33. The number of nitriles is 1. The number of nitrogens with one attached hydrogen (secondary N) is 1. The van der Waals surface area contributed by atoms with Crippen molar-refractivity contribution in [2.24, 2.45) is 0 Å². The minimum absolute atomic E-state index is 0.631. The van der Waals surface area contributed by atoms with Crippen LogP contribution < -0.4 is 5.32 Å². The Bertz CT molecular complexity index is 710. The minimum Gasteiger partial charge on any atom is -0.319 e. The SMILES string of the molecule is N#Cc1cccc(C#Cc2cnc3n2CCNC3)c1. The highest BCUT2D eigenvalue weighted by Gasteiger charge is 2.11. The number of fused-ring (bicyclic) bond motifs is 1. The molecule has 1 aliphatic heterocycles. The van der Waals surface area contributed by atoms with Crippen molar-refractivity contribution in [2.45, 2.75) is 13.1 Å². The lowest BCUT2D eigenvalue weighted by molar-refractivity contribution is 0.503. The molecular weight excluding hydrogens is 236 g/mol. The molecule has 4 heteroatoms. The molecule has 1 aliphatic rings. The summed E-state index contributed by atoms with van der Waals surface area (Å²) in [6, 6.07) is 9.44. The molecule has 0 amide bonds. The average Bonchev–Trinajstić information content (AvgIpc) is 2.89. The summed E-state index contributed by atoms with van der Waals surface area (Å²) in [6.07, 6.45) is 1.81. The summed E-state index contributed by atoms with van der Waals surface area (Å²) in [5, 5.41) is 12.1. The predicted molar refractivity (Wildman–Crippen MR) is 71.1 cm³/mol. The van der Waals surface area contributed by atoms with Gasteiger partial charge in [-0.2, -0.15) is 5.26 Å². The fourth-order valence-corrected chi connectivity index (χ4v) is 2.10. The van der Waals surface area contributed by atoms with Crippen LogP contribution in [0.4, 0.5) is 0 Å². The molecule has 92 valence electrons. The Morgan fingerprint density at radius 3 is 3.05 bits per heavy atom. The predicted octanol–water partition coefficient (Wildman–Crippen LogP) is 1.26. The maximum atomic E-state index is 8.85. The van der Waals surface area contributed by atoms with Gasteiger partial charge < -0.3 is 9.88 Å². The summed E-state index contributed by atoms with van der Waals surface area (Å²) in [7, 11) is 0. The van der Waals surface area contributed by atoms with Gasteiger partial charge in [0.25, 0.3) is 0 Å². The van der Waals surface area contributed by atoms with E-state index < -0.39 is 0 Å². The first-order valence-corrected chi connectivity index (χ1v) is 6.14. The van der Waals surface area contributed by atoms with Gasteiger partial charge in [0.2, 0.25) is 0 Å². The van der Waals surface area contributed by atoms with E-state index in [2.05, 4.69) is 32.8 Å². The van der Waals surface area contributed by atoms with E-state index >= 15 is 0 Å². The van der Waals surface area contributed by atoms with Crippen LogP contribution >= 0.6 is 0 Å². The molecule has 0 aliphatic carbocycles. The monoisotopic (exact) mass is 248 g/mol. The lowest BCUT2D eigenvalue weighted by atomic mass is 10.1. The fourth-order valence-electron chi connectivity index (χ4n) is 2.10. The zero-order valence-corrected chi connectivity index (χ0v) is 10.3. The molecule has 2 aromatic rings. The minimum atomic E-state index is 0.631. The van der Waals surface area contributed by atoms with E-state index in [0.717, 1.165) is 36.7 Å². The van der Waals surface area contributed by atoms with E-state index in [1.807, 2.05) is 18.3 Å². The van der Waals surface area contributed by atoms with Crippen LogP contribution in [0, 0.1) is 23.2 Å². The summed E-state index contributed by atoms with van der Waals surface area (Å²) in [5.41, 5.74) is 2.41. The molecule has 0 atom stereocenters. The van der Waals surface area contributed by atoms with E-state index in [0.29, 0.717) is 5.56 Å². The normalized spacial score (nSPS) is 13.0. The van der Waals surface area contributed by atoms with Crippen LogP contribution in [-0.4, -0.2) is 16.1 Å². The van der Waals surface area contributed by atoms with E-state index in [9.17, 15) is 0 Å². The highest BCUT2D eigenvalue weighted by molar-refractivity contribution is 5.44. The second kappa shape index (κ2) is 4.97. The van der Waals surface area contributed by atoms with Crippen molar-refractivity contribution < 1.29 is 0 Å². The molecular formula is C15H12N4. The molecule has 4 nitrogen and oxygen atoms in total. The van der Waals surface area contributed by atoms with Gasteiger partial charge in [-0.3, -0.25) is 0 Å². The summed E-state index contributed by atoms with van der Waals surface area (Å²) >= 11 is 0. The maximum absolute atomic E-state index is 8.85. The summed E-state index contributed by atoms with van der Waals surface area (Å²) in [4.78, 5) is 4.35. The van der Waals surface area contributed by atoms with Crippen LogP contribution in [0.2, 0.25) is 0 Å². The van der Waals surface area contributed by atoms with Gasteiger partial charge in [-0.1, -0.05) is 12.0 Å². The van der Waals surface area contributed by atoms with Crippen LogP contribution in [0.15, 0.2) is 30.5 Å². The molecule has 3 rings (SSSR count). The molecule has 0 fully saturated rings. The quantitative estimate of drug-likeness (QED) is 0.714. The van der Waals surface area contributed by atoms with Crippen molar-refractivity contribution in [3.05, 3.63) is 53.1 Å². The molecule has 1 aromatic heterocycles. The first-order chi connectivity index (χ1) is 9.36. The number of rotatable bonds is 0. The van der Waals surface area contributed by atoms with Crippen LogP contribution in [-0.2, 0) is 13.1 Å². The molecule has 0 saturated heterocycles. The summed E-state index contributed by atoms with van der Waals surface area (Å²) in [6.45, 7) is 2.64. The maximum Gasteiger partial charge on any atom is 0.123 e. The zero-order valence-electron chi connectivity index (χ0n) is 10.3. The Hall–Kier alpha value is -2.56. The van der Waals surface area contributed by atoms with Gasteiger partial charge in [0.1, 0.15) is 11.5 Å². The molecule has 0 radical (unpaired) electrons. The van der Waals surface area contributed by atoms with Gasteiger partial charge in [-0.05, 0) is 24.1 Å². The highest BCUT2D eigenvalue weighted by Crippen LogP contribution is 2.08. The topological polar surface area (TPSA) is 53.6 Å². The summed E-state index contributed by atoms with van der Waals surface area (Å²) in [5.74, 6) is 7.25. The largest absolute Gasteiger partial charge is 0.319 e. The van der Waals surface area contributed by atoms with Crippen molar-refractivity contribution in [3.63, 3.8) is 0 Å². The Balaban J connectivity index is 1.91. The zero-order chi connectivity index (χ0) is 13.1. The van der Waals surface area contributed by atoms with Crippen molar-refractivity contribution in [1.29, 1.82) is 5.26 Å². The number of imidazole rings is 1. The van der Waals surface area contributed by atoms with Gasteiger partial charge in [-0.15, -0.1) is 0 Å². The van der Waals surface area contributed by atoms with E-state index in [1.54, 1.807) is 12.1 Å². The van der Waals surface area contributed by atoms with Crippen LogP contribution in [0.1, 0.15) is 22.6 Å². The van der Waals surface area contributed by atoms with Crippen molar-refractivity contribution in [1.82, 2.24) is 14.9 Å². The summed E-state index contributed by atoms with van der Waals surface area (Å²) < 4.78 is 2.14. The average molecular weight is 248 g/mol. The molecule has 1 N–H and O–H groups in total. The third kappa shape index (κ3) is 2.35. The van der Waals surface area contributed by atoms with Crippen molar-refractivity contribution in [3.8, 4) is 17.9 Å². The van der Waals surface area contributed by atoms with Gasteiger partial charge >= 0.3 is 0 Å². The third-order valence-electron chi connectivity index (χ3n) is 3.06. The first kappa shape index (κ1) is 11.5. The number of hydrogen-bond acceptors (Lipinski definition) is 3. The Morgan fingerprint density at radius 1 is 1.26 bits per heavy atom. The molecule has 0 saturated carbocycles. The fraction of sp³-hybridized carbons (Fsp3) is 0.200. The Labute approximate surface area is 111 Å². The standard InChI is InChI=1S/C15H12N4/c16-9-13-3-1-2-12(8-13)4-5-14-10-18-15-11-17-6-7-19(14)15/h1-3,8,10,17H,6-7,11H2. The number of aromatic nitrogens is 2. The van der Waals surface area contributed by atoms with Gasteiger partial charge in [0.05, 0.1) is 24.4 Å². The Kier molecular flexibility index (Phi) is 3.02. The van der Waals surface area contributed by atoms with Gasteiger partial charge in [0, 0.05) is 18.7 Å². The second-order valence-electron chi connectivity index (χ2n) is 4.33. The van der Waals surface area contributed by atoms with Gasteiger partial charge in [-0.25, -0.2) is 4.98 Å². The van der Waals surface area contributed by atoms with E-state index in [-0.39, 0.29) is 0 Å².